The van der Waals surface area contributed by atoms with Crippen LogP contribution in [0.5, 0.6) is 5.75 Å². The lowest BCUT2D eigenvalue weighted by molar-refractivity contribution is -0.386. The summed E-state index contributed by atoms with van der Waals surface area (Å²) < 4.78 is 10.2. The summed E-state index contributed by atoms with van der Waals surface area (Å²) in [6.07, 6.45) is -0.903. The summed E-state index contributed by atoms with van der Waals surface area (Å²) in [5.41, 5.74) is -0.213. The molecule has 0 spiro atoms. The first kappa shape index (κ1) is 13.4. The van der Waals surface area contributed by atoms with E-state index in [2.05, 4.69) is 20.7 Å². The Bertz CT molecular complexity index is 448. The molecule has 0 aliphatic rings. The van der Waals surface area contributed by atoms with Crippen molar-refractivity contribution in [1.82, 2.24) is 0 Å². The Morgan fingerprint density at radius 1 is 1.53 bits per heavy atom. The van der Waals surface area contributed by atoms with Crippen molar-refractivity contribution in [3.8, 4) is 5.75 Å². The van der Waals surface area contributed by atoms with Gasteiger partial charge in [0.1, 0.15) is 0 Å². The lowest BCUT2D eigenvalue weighted by atomic mass is 10.3. The molecule has 0 amide bonds. The third kappa shape index (κ3) is 3.42. The number of halogens is 1. The minimum absolute atomic E-state index is 0.0242. The largest absolute Gasteiger partial charge is 0.472 e. The van der Waals surface area contributed by atoms with Gasteiger partial charge in [0.25, 0.3) is 0 Å². The molecule has 1 aromatic carbocycles. The summed E-state index contributed by atoms with van der Waals surface area (Å²) in [6, 6.07) is 4.31. The van der Waals surface area contributed by atoms with Gasteiger partial charge in [0.15, 0.2) is 11.9 Å². The summed E-state index contributed by atoms with van der Waals surface area (Å²) in [4.78, 5) is 21.3. The molecular formula is C10H10BrNO5. The zero-order valence-electron chi connectivity index (χ0n) is 9.18. The van der Waals surface area contributed by atoms with Crippen LogP contribution in [-0.2, 0) is 9.53 Å². The van der Waals surface area contributed by atoms with Crippen LogP contribution in [0.25, 0.3) is 0 Å². The van der Waals surface area contributed by atoms with Crippen molar-refractivity contribution in [2.45, 2.75) is 13.0 Å². The van der Waals surface area contributed by atoms with E-state index in [1.165, 1.54) is 26.2 Å². The highest BCUT2D eigenvalue weighted by Gasteiger charge is 2.21. The maximum atomic E-state index is 11.1. The number of carbonyl (C=O) groups is 1. The fraction of sp³-hybridized carbons (Fsp3) is 0.300. The summed E-state index contributed by atoms with van der Waals surface area (Å²) in [5, 5.41) is 10.8. The molecule has 0 saturated heterocycles. The number of methoxy groups -OCH3 is 1. The second-order valence-electron chi connectivity index (χ2n) is 3.15. The normalized spacial score (nSPS) is 11.7. The van der Waals surface area contributed by atoms with E-state index >= 15 is 0 Å². The fourth-order valence-electron chi connectivity index (χ4n) is 1.14. The number of carbonyl (C=O) groups excluding carboxylic acids is 1. The number of rotatable bonds is 4. The molecule has 0 radical (unpaired) electrons. The van der Waals surface area contributed by atoms with Crippen molar-refractivity contribution in [2.24, 2.45) is 0 Å². The molecule has 0 fully saturated rings. The standard InChI is InChI=1S/C10H10BrNO5/c1-6(10(13)16-2)17-9-4-3-7(11)5-8(9)12(14)15/h3-6H,1-2H3/t6-/m0/s1. The zero-order valence-corrected chi connectivity index (χ0v) is 10.8. The number of hydrogen-bond acceptors (Lipinski definition) is 5. The molecule has 6 nitrogen and oxygen atoms in total. The maximum Gasteiger partial charge on any atom is 0.346 e. The van der Waals surface area contributed by atoms with Crippen LogP contribution in [0.1, 0.15) is 6.92 Å². The van der Waals surface area contributed by atoms with Crippen LogP contribution in [0.3, 0.4) is 0 Å². The van der Waals surface area contributed by atoms with Gasteiger partial charge >= 0.3 is 11.7 Å². The predicted octanol–water partition coefficient (Wildman–Crippen LogP) is 2.30. The number of nitro benzene ring substituents is 1. The van der Waals surface area contributed by atoms with E-state index in [-0.39, 0.29) is 11.4 Å². The molecule has 17 heavy (non-hydrogen) atoms. The monoisotopic (exact) mass is 303 g/mol. The van der Waals surface area contributed by atoms with Crippen molar-refractivity contribution >= 4 is 27.6 Å². The summed E-state index contributed by atoms with van der Waals surface area (Å²) >= 11 is 3.12. The lowest BCUT2D eigenvalue weighted by Gasteiger charge is -2.12. The van der Waals surface area contributed by atoms with Crippen LogP contribution in [0.15, 0.2) is 22.7 Å². The van der Waals surface area contributed by atoms with Crippen LogP contribution in [0.4, 0.5) is 5.69 Å². The number of nitrogens with zero attached hydrogens (tertiary/aromatic N) is 1. The SMILES string of the molecule is COC(=O)[C@H](C)Oc1ccc(Br)cc1[N+](=O)[O-]. The molecule has 7 heteroatoms. The van der Waals surface area contributed by atoms with E-state index < -0.39 is 17.0 Å². The van der Waals surface area contributed by atoms with Gasteiger partial charge in [-0.25, -0.2) is 4.79 Å². The molecule has 0 bridgehead atoms. The Kier molecular flexibility index (Phi) is 4.45. The van der Waals surface area contributed by atoms with Gasteiger partial charge in [-0.3, -0.25) is 10.1 Å². The Morgan fingerprint density at radius 2 is 2.18 bits per heavy atom. The molecule has 0 unspecified atom stereocenters. The molecular weight excluding hydrogens is 294 g/mol. The van der Waals surface area contributed by atoms with E-state index in [1.807, 2.05) is 0 Å². The van der Waals surface area contributed by atoms with Crippen molar-refractivity contribution in [3.05, 3.63) is 32.8 Å². The van der Waals surface area contributed by atoms with E-state index in [9.17, 15) is 14.9 Å². The van der Waals surface area contributed by atoms with Gasteiger partial charge in [0.05, 0.1) is 12.0 Å². The molecule has 0 saturated carbocycles. The van der Waals surface area contributed by atoms with E-state index in [0.717, 1.165) is 0 Å². The minimum Gasteiger partial charge on any atom is -0.472 e. The van der Waals surface area contributed by atoms with Crippen molar-refractivity contribution in [1.29, 1.82) is 0 Å². The Labute approximate surface area is 106 Å². The van der Waals surface area contributed by atoms with Gasteiger partial charge < -0.3 is 9.47 Å². The number of esters is 1. The molecule has 0 aromatic heterocycles. The highest BCUT2D eigenvalue weighted by atomic mass is 79.9. The number of nitro groups is 1. The lowest BCUT2D eigenvalue weighted by Crippen LogP contribution is -2.25. The Hall–Kier alpha value is -1.63. The Morgan fingerprint density at radius 3 is 2.71 bits per heavy atom. The highest BCUT2D eigenvalue weighted by molar-refractivity contribution is 9.10. The van der Waals surface area contributed by atoms with Crippen LogP contribution in [0.2, 0.25) is 0 Å². The predicted molar refractivity (Wildman–Crippen MR) is 62.9 cm³/mol. The molecule has 1 atom stereocenters. The molecule has 1 aromatic rings. The smallest absolute Gasteiger partial charge is 0.346 e. The second kappa shape index (κ2) is 5.62. The van der Waals surface area contributed by atoms with Crippen molar-refractivity contribution in [2.75, 3.05) is 7.11 Å². The quantitative estimate of drug-likeness (QED) is 0.484. The van der Waals surface area contributed by atoms with Crippen molar-refractivity contribution in [3.63, 3.8) is 0 Å². The molecule has 92 valence electrons. The molecule has 0 aliphatic heterocycles. The van der Waals surface area contributed by atoms with Gasteiger partial charge in [-0.2, -0.15) is 0 Å². The maximum absolute atomic E-state index is 11.1. The third-order valence-corrected chi connectivity index (χ3v) is 2.45. The van der Waals surface area contributed by atoms with E-state index in [0.29, 0.717) is 4.47 Å². The first-order valence-corrected chi connectivity index (χ1v) is 5.43. The molecule has 0 heterocycles. The Balaban J connectivity index is 2.98. The number of benzene rings is 1. The summed E-state index contributed by atoms with van der Waals surface area (Å²) in [6.45, 7) is 1.46. The molecule has 0 aliphatic carbocycles. The second-order valence-corrected chi connectivity index (χ2v) is 4.07. The first-order valence-electron chi connectivity index (χ1n) is 4.64. The van der Waals surface area contributed by atoms with E-state index in [1.54, 1.807) is 6.07 Å². The average molecular weight is 304 g/mol. The summed E-state index contributed by atoms with van der Waals surface area (Å²) in [7, 11) is 1.22. The van der Waals surface area contributed by atoms with Crippen molar-refractivity contribution < 1.29 is 19.2 Å². The van der Waals surface area contributed by atoms with E-state index in [4.69, 9.17) is 4.74 Å². The van der Waals surface area contributed by atoms with Gasteiger partial charge in [-0.05, 0) is 19.1 Å². The third-order valence-electron chi connectivity index (χ3n) is 1.95. The zero-order chi connectivity index (χ0) is 13.0. The van der Waals surface area contributed by atoms with Gasteiger partial charge in [-0.15, -0.1) is 0 Å². The van der Waals surface area contributed by atoms with Crippen LogP contribution < -0.4 is 4.74 Å². The van der Waals surface area contributed by atoms with Crippen LogP contribution in [-0.4, -0.2) is 24.1 Å². The van der Waals surface area contributed by atoms with Gasteiger partial charge in [0.2, 0.25) is 0 Å². The topological polar surface area (TPSA) is 78.7 Å². The van der Waals surface area contributed by atoms with Crippen LogP contribution in [0, 0.1) is 10.1 Å². The average Bonchev–Trinajstić information content (AvgIpc) is 2.29. The number of ether oxygens (including phenoxy) is 2. The minimum atomic E-state index is -0.903. The number of hydrogen-bond donors (Lipinski definition) is 0. The fourth-order valence-corrected chi connectivity index (χ4v) is 1.49. The molecule has 0 N–H and O–H groups in total. The van der Waals surface area contributed by atoms with Gasteiger partial charge in [-0.1, -0.05) is 15.9 Å². The molecule has 1 rings (SSSR count). The first-order chi connectivity index (χ1) is 7.95. The van der Waals surface area contributed by atoms with Crippen LogP contribution >= 0.6 is 15.9 Å². The highest BCUT2D eigenvalue weighted by Crippen LogP contribution is 2.30. The van der Waals surface area contributed by atoms with Gasteiger partial charge in [0, 0.05) is 10.5 Å². The summed E-state index contributed by atoms with van der Waals surface area (Å²) in [5.74, 6) is -0.571.